The van der Waals surface area contributed by atoms with Crippen molar-refractivity contribution in [2.45, 2.75) is 12.1 Å². The predicted molar refractivity (Wildman–Crippen MR) is 73.2 cm³/mol. The molecule has 0 aromatic heterocycles. The van der Waals surface area contributed by atoms with E-state index in [-0.39, 0.29) is 17.9 Å². The van der Waals surface area contributed by atoms with Crippen molar-refractivity contribution in [2.75, 3.05) is 13.2 Å². The summed E-state index contributed by atoms with van der Waals surface area (Å²) in [6.45, 7) is -0.695. The highest BCUT2D eigenvalue weighted by Crippen LogP contribution is 2.36. The van der Waals surface area contributed by atoms with Crippen LogP contribution in [0.25, 0.3) is 0 Å². The summed E-state index contributed by atoms with van der Waals surface area (Å²) >= 11 is 0. The molecule has 0 aliphatic heterocycles. The van der Waals surface area contributed by atoms with E-state index in [0.717, 1.165) is 6.07 Å². The molecule has 0 heterocycles. The molecule has 1 unspecified atom stereocenters. The van der Waals surface area contributed by atoms with Crippen LogP contribution in [0.4, 0.5) is 17.6 Å². The van der Waals surface area contributed by atoms with Gasteiger partial charge in [-0.25, -0.2) is 4.39 Å². The van der Waals surface area contributed by atoms with Crippen LogP contribution in [0.2, 0.25) is 0 Å². The van der Waals surface area contributed by atoms with E-state index in [9.17, 15) is 22.7 Å². The highest BCUT2D eigenvalue weighted by atomic mass is 19.4. The van der Waals surface area contributed by atoms with Gasteiger partial charge >= 0.3 is 6.18 Å². The van der Waals surface area contributed by atoms with E-state index < -0.39 is 30.1 Å². The number of hydrogen-bond donors (Lipinski definition) is 1. The van der Waals surface area contributed by atoms with Gasteiger partial charge in [-0.05, 0) is 23.8 Å². The standard InChI is InChI=1S/C16H14F4O2/c17-14-7-3-1-5-12(14)11(9-21)10-22-15-8-4-2-6-13(15)16(18,19)20/h1-8,11,21H,9-10H2. The molecule has 0 amide bonds. The van der Waals surface area contributed by atoms with Crippen LogP contribution in [0.15, 0.2) is 48.5 Å². The number of para-hydroxylation sites is 1. The lowest BCUT2D eigenvalue weighted by Crippen LogP contribution is -2.17. The Kier molecular flexibility index (Phi) is 5.03. The molecule has 118 valence electrons. The van der Waals surface area contributed by atoms with Gasteiger partial charge in [0.15, 0.2) is 0 Å². The average Bonchev–Trinajstić information content (AvgIpc) is 2.49. The van der Waals surface area contributed by atoms with Crippen molar-refractivity contribution in [1.29, 1.82) is 0 Å². The fourth-order valence-electron chi connectivity index (χ4n) is 2.06. The lowest BCUT2D eigenvalue weighted by molar-refractivity contribution is -0.139. The second-order valence-corrected chi connectivity index (χ2v) is 4.71. The zero-order chi connectivity index (χ0) is 16.2. The van der Waals surface area contributed by atoms with Crippen molar-refractivity contribution in [2.24, 2.45) is 0 Å². The normalized spacial score (nSPS) is 13.0. The molecule has 0 saturated carbocycles. The molecule has 22 heavy (non-hydrogen) atoms. The SMILES string of the molecule is OCC(COc1ccccc1C(F)(F)F)c1ccccc1F. The van der Waals surface area contributed by atoms with Crippen molar-refractivity contribution in [3.8, 4) is 5.75 Å². The zero-order valence-corrected chi connectivity index (χ0v) is 11.5. The molecular weight excluding hydrogens is 300 g/mol. The fourth-order valence-corrected chi connectivity index (χ4v) is 2.06. The van der Waals surface area contributed by atoms with Crippen molar-refractivity contribution in [3.05, 3.63) is 65.5 Å². The van der Waals surface area contributed by atoms with E-state index in [2.05, 4.69) is 0 Å². The number of aliphatic hydroxyl groups is 1. The number of ether oxygens (including phenoxy) is 1. The molecule has 0 radical (unpaired) electrons. The van der Waals surface area contributed by atoms with Gasteiger partial charge in [0.25, 0.3) is 0 Å². The van der Waals surface area contributed by atoms with Gasteiger partial charge in [0.1, 0.15) is 11.6 Å². The summed E-state index contributed by atoms with van der Waals surface area (Å²) in [6.07, 6.45) is -4.54. The van der Waals surface area contributed by atoms with E-state index in [4.69, 9.17) is 4.74 Å². The Hall–Kier alpha value is -2.08. The Balaban J connectivity index is 2.17. The molecule has 2 aromatic carbocycles. The quantitative estimate of drug-likeness (QED) is 0.845. The first-order chi connectivity index (χ1) is 10.4. The average molecular weight is 314 g/mol. The molecular formula is C16H14F4O2. The van der Waals surface area contributed by atoms with E-state index in [1.54, 1.807) is 6.07 Å². The van der Waals surface area contributed by atoms with Gasteiger partial charge in [-0.2, -0.15) is 13.2 Å². The molecule has 0 saturated heterocycles. The maximum Gasteiger partial charge on any atom is 0.419 e. The largest absolute Gasteiger partial charge is 0.492 e. The highest BCUT2D eigenvalue weighted by molar-refractivity contribution is 5.35. The third-order valence-corrected chi connectivity index (χ3v) is 3.20. The Morgan fingerprint density at radius 1 is 1.00 bits per heavy atom. The summed E-state index contributed by atoms with van der Waals surface area (Å²) in [7, 11) is 0. The molecule has 6 heteroatoms. The minimum Gasteiger partial charge on any atom is -0.492 e. The van der Waals surface area contributed by atoms with Gasteiger partial charge < -0.3 is 9.84 Å². The maximum atomic E-state index is 13.7. The fraction of sp³-hybridized carbons (Fsp3) is 0.250. The third kappa shape index (κ3) is 3.76. The minimum atomic E-state index is -4.54. The lowest BCUT2D eigenvalue weighted by Gasteiger charge is -2.18. The van der Waals surface area contributed by atoms with Crippen molar-refractivity contribution < 1.29 is 27.4 Å². The Bertz CT molecular complexity index is 626. The number of alkyl halides is 3. The zero-order valence-electron chi connectivity index (χ0n) is 11.5. The predicted octanol–water partition coefficient (Wildman–Crippen LogP) is 4.00. The Labute approximate surface area is 125 Å². The van der Waals surface area contributed by atoms with Gasteiger partial charge in [-0.15, -0.1) is 0 Å². The topological polar surface area (TPSA) is 29.5 Å². The van der Waals surface area contributed by atoms with Crippen LogP contribution in [-0.4, -0.2) is 18.3 Å². The summed E-state index contributed by atoms with van der Waals surface area (Å²) in [5, 5.41) is 9.34. The van der Waals surface area contributed by atoms with Crippen LogP contribution in [0, 0.1) is 5.82 Å². The molecule has 1 N–H and O–H groups in total. The molecule has 1 atom stereocenters. The van der Waals surface area contributed by atoms with Crippen LogP contribution in [0.5, 0.6) is 5.75 Å². The molecule has 0 spiro atoms. The van der Waals surface area contributed by atoms with Crippen molar-refractivity contribution in [3.63, 3.8) is 0 Å². The van der Waals surface area contributed by atoms with E-state index in [0.29, 0.717) is 0 Å². The van der Waals surface area contributed by atoms with Gasteiger partial charge in [-0.3, -0.25) is 0 Å². The van der Waals surface area contributed by atoms with E-state index in [1.807, 2.05) is 0 Å². The second kappa shape index (κ2) is 6.79. The first-order valence-corrected chi connectivity index (χ1v) is 6.57. The monoisotopic (exact) mass is 314 g/mol. The van der Waals surface area contributed by atoms with Crippen LogP contribution in [0.3, 0.4) is 0 Å². The van der Waals surface area contributed by atoms with Crippen LogP contribution < -0.4 is 4.74 Å². The molecule has 2 rings (SSSR count). The lowest BCUT2D eigenvalue weighted by atomic mass is 10.0. The van der Waals surface area contributed by atoms with Crippen molar-refractivity contribution in [1.82, 2.24) is 0 Å². The van der Waals surface area contributed by atoms with Crippen LogP contribution >= 0.6 is 0 Å². The van der Waals surface area contributed by atoms with E-state index in [1.165, 1.54) is 36.4 Å². The number of aliphatic hydroxyl groups excluding tert-OH is 1. The number of benzene rings is 2. The summed E-state index contributed by atoms with van der Waals surface area (Å²) in [4.78, 5) is 0. The highest BCUT2D eigenvalue weighted by Gasteiger charge is 2.34. The summed E-state index contributed by atoms with van der Waals surface area (Å²) in [5.41, 5.74) is -0.699. The molecule has 0 bridgehead atoms. The molecule has 0 fully saturated rings. The van der Waals surface area contributed by atoms with Gasteiger partial charge in [-0.1, -0.05) is 30.3 Å². The number of halogens is 4. The number of rotatable bonds is 5. The minimum absolute atomic E-state index is 0.203. The molecule has 0 aliphatic rings. The summed E-state index contributed by atoms with van der Waals surface area (Å²) in [5.74, 6) is -1.62. The Morgan fingerprint density at radius 3 is 2.27 bits per heavy atom. The maximum absolute atomic E-state index is 13.7. The van der Waals surface area contributed by atoms with Crippen LogP contribution in [-0.2, 0) is 6.18 Å². The number of hydrogen-bond acceptors (Lipinski definition) is 2. The molecule has 0 aliphatic carbocycles. The molecule has 2 aromatic rings. The molecule has 2 nitrogen and oxygen atoms in total. The first-order valence-electron chi connectivity index (χ1n) is 6.57. The van der Waals surface area contributed by atoms with Gasteiger partial charge in [0, 0.05) is 5.92 Å². The van der Waals surface area contributed by atoms with E-state index >= 15 is 0 Å². The van der Waals surface area contributed by atoms with Gasteiger partial charge in [0.2, 0.25) is 0 Å². The second-order valence-electron chi connectivity index (χ2n) is 4.71. The first kappa shape index (κ1) is 16.3. The third-order valence-electron chi connectivity index (χ3n) is 3.20. The Morgan fingerprint density at radius 2 is 1.64 bits per heavy atom. The smallest absolute Gasteiger partial charge is 0.419 e. The summed E-state index contributed by atoms with van der Waals surface area (Å²) < 4.78 is 57.4. The summed E-state index contributed by atoms with van der Waals surface area (Å²) in [6, 6.07) is 10.6. The van der Waals surface area contributed by atoms with Gasteiger partial charge in [0.05, 0.1) is 18.8 Å². The van der Waals surface area contributed by atoms with Crippen LogP contribution in [0.1, 0.15) is 17.0 Å². The van der Waals surface area contributed by atoms with Crippen molar-refractivity contribution >= 4 is 0 Å².